The summed E-state index contributed by atoms with van der Waals surface area (Å²) in [5, 5.41) is 5.62. The van der Waals surface area contributed by atoms with Gasteiger partial charge in [0.15, 0.2) is 0 Å². The van der Waals surface area contributed by atoms with Gasteiger partial charge in [-0.05, 0) is 24.6 Å². The molecule has 0 amide bonds. The van der Waals surface area contributed by atoms with Crippen LogP contribution < -0.4 is 5.73 Å². The largest absolute Gasteiger partial charge is 0.399 e. The average molecular weight is 175 g/mol. The lowest BCUT2D eigenvalue weighted by molar-refractivity contribution is 0.770. The maximum absolute atomic E-state index is 5.70. The third-order valence-corrected chi connectivity index (χ3v) is 2.29. The fraction of sp³-hybridized carbons (Fsp3) is 0.300. The van der Waals surface area contributed by atoms with Crippen LogP contribution in [0.3, 0.4) is 0 Å². The number of aryl methyl sites for hydroxylation is 2. The van der Waals surface area contributed by atoms with Crippen molar-refractivity contribution < 1.29 is 0 Å². The average Bonchev–Trinajstić information content (AvgIpc) is 2.43. The van der Waals surface area contributed by atoms with Crippen molar-refractivity contribution in [1.82, 2.24) is 9.78 Å². The molecule has 3 nitrogen and oxygen atoms in total. The minimum absolute atomic E-state index is 0.790. The highest BCUT2D eigenvalue weighted by molar-refractivity contribution is 5.84. The minimum Gasteiger partial charge on any atom is -0.399 e. The number of nitrogens with zero attached hydrogens (tertiary/aromatic N) is 2. The zero-order valence-corrected chi connectivity index (χ0v) is 7.91. The summed E-state index contributed by atoms with van der Waals surface area (Å²) in [5.41, 5.74) is 8.74. The molecule has 0 unspecified atom stereocenters. The van der Waals surface area contributed by atoms with Crippen LogP contribution in [-0.4, -0.2) is 9.78 Å². The van der Waals surface area contributed by atoms with Crippen LogP contribution in [0.4, 0.5) is 5.69 Å². The molecule has 13 heavy (non-hydrogen) atoms. The number of nitrogens with two attached hydrogens (primary N) is 1. The summed E-state index contributed by atoms with van der Waals surface area (Å²) in [6.45, 7) is 2.11. The van der Waals surface area contributed by atoms with Crippen molar-refractivity contribution in [3.05, 3.63) is 23.9 Å². The normalized spacial score (nSPS) is 10.9. The molecule has 2 aromatic rings. The summed E-state index contributed by atoms with van der Waals surface area (Å²) < 4.78 is 1.88. The van der Waals surface area contributed by atoms with Gasteiger partial charge in [-0.2, -0.15) is 5.10 Å². The smallest absolute Gasteiger partial charge is 0.0702 e. The van der Waals surface area contributed by atoms with Gasteiger partial charge in [0.25, 0.3) is 0 Å². The Bertz CT molecular complexity index is 443. The molecule has 1 aromatic heterocycles. The zero-order valence-electron chi connectivity index (χ0n) is 7.91. The lowest BCUT2D eigenvalue weighted by Crippen LogP contribution is -1.91. The monoisotopic (exact) mass is 175 g/mol. The van der Waals surface area contributed by atoms with Crippen LogP contribution in [-0.2, 0) is 13.5 Å². The summed E-state index contributed by atoms with van der Waals surface area (Å²) in [6, 6.07) is 5.92. The van der Waals surface area contributed by atoms with Gasteiger partial charge < -0.3 is 5.73 Å². The van der Waals surface area contributed by atoms with Gasteiger partial charge in [-0.15, -0.1) is 0 Å². The van der Waals surface area contributed by atoms with Gasteiger partial charge >= 0.3 is 0 Å². The second-order valence-electron chi connectivity index (χ2n) is 3.20. The molecule has 1 aromatic carbocycles. The fourth-order valence-corrected chi connectivity index (χ4v) is 1.61. The molecule has 68 valence electrons. The van der Waals surface area contributed by atoms with E-state index in [2.05, 4.69) is 12.0 Å². The summed E-state index contributed by atoms with van der Waals surface area (Å²) in [5.74, 6) is 0. The molecule has 0 bridgehead atoms. The molecular weight excluding hydrogens is 162 g/mol. The predicted molar refractivity (Wildman–Crippen MR) is 54.5 cm³/mol. The molecule has 2 rings (SSSR count). The quantitative estimate of drug-likeness (QED) is 0.670. The first-order valence-corrected chi connectivity index (χ1v) is 4.43. The van der Waals surface area contributed by atoms with Crippen LogP contribution in [0.5, 0.6) is 0 Å². The van der Waals surface area contributed by atoms with Crippen LogP contribution in [0, 0.1) is 0 Å². The number of fused-ring (bicyclic) bond motifs is 1. The number of hydrogen-bond acceptors (Lipinski definition) is 2. The summed E-state index contributed by atoms with van der Waals surface area (Å²) in [6.07, 6.45) is 0.960. The summed E-state index contributed by atoms with van der Waals surface area (Å²) in [7, 11) is 1.95. The highest BCUT2D eigenvalue weighted by atomic mass is 15.3. The van der Waals surface area contributed by atoms with Crippen molar-refractivity contribution in [1.29, 1.82) is 0 Å². The van der Waals surface area contributed by atoms with E-state index in [1.54, 1.807) is 0 Å². The van der Waals surface area contributed by atoms with Crippen molar-refractivity contribution >= 4 is 16.6 Å². The Hall–Kier alpha value is -1.51. The molecular formula is C10H13N3. The van der Waals surface area contributed by atoms with Crippen molar-refractivity contribution in [2.75, 3.05) is 5.73 Å². The molecule has 0 saturated carbocycles. The molecule has 0 aliphatic rings. The van der Waals surface area contributed by atoms with Crippen LogP contribution in [0.1, 0.15) is 12.6 Å². The van der Waals surface area contributed by atoms with Gasteiger partial charge in [0.2, 0.25) is 0 Å². The topological polar surface area (TPSA) is 43.8 Å². The first-order valence-electron chi connectivity index (χ1n) is 4.43. The third kappa shape index (κ3) is 1.16. The van der Waals surface area contributed by atoms with Gasteiger partial charge in [-0.3, -0.25) is 4.68 Å². The van der Waals surface area contributed by atoms with Gasteiger partial charge in [-0.25, -0.2) is 0 Å². The van der Waals surface area contributed by atoms with Gasteiger partial charge in [0.1, 0.15) is 0 Å². The van der Waals surface area contributed by atoms with E-state index in [9.17, 15) is 0 Å². The first kappa shape index (κ1) is 8.10. The van der Waals surface area contributed by atoms with Gasteiger partial charge in [0, 0.05) is 18.1 Å². The summed E-state index contributed by atoms with van der Waals surface area (Å²) in [4.78, 5) is 0. The standard InChI is InChI=1S/C10H13N3/c1-3-9-8-5-4-7(11)6-10(8)13(2)12-9/h4-6H,3,11H2,1-2H3. The van der Waals surface area contributed by atoms with E-state index >= 15 is 0 Å². The molecule has 3 heteroatoms. The van der Waals surface area contributed by atoms with Crippen molar-refractivity contribution in [2.24, 2.45) is 7.05 Å². The number of hydrogen-bond donors (Lipinski definition) is 1. The van der Waals surface area contributed by atoms with E-state index in [1.165, 1.54) is 5.39 Å². The van der Waals surface area contributed by atoms with Crippen LogP contribution in [0.2, 0.25) is 0 Å². The predicted octanol–water partition coefficient (Wildman–Crippen LogP) is 1.72. The minimum atomic E-state index is 0.790. The molecule has 2 N–H and O–H groups in total. The van der Waals surface area contributed by atoms with Crippen molar-refractivity contribution in [3.8, 4) is 0 Å². The van der Waals surface area contributed by atoms with E-state index in [4.69, 9.17) is 5.73 Å². The van der Waals surface area contributed by atoms with Crippen LogP contribution in [0.15, 0.2) is 18.2 Å². The number of nitrogen functional groups attached to an aromatic ring is 1. The second kappa shape index (κ2) is 2.76. The van der Waals surface area contributed by atoms with Crippen LogP contribution in [0.25, 0.3) is 10.9 Å². The highest BCUT2D eigenvalue weighted by Crippen LogP contribution is 2.20. The Labute approximate surface area is 77.2 Å². The van der Waals surface area contributed by atoms with Crippen molar-refractivity contribution in [2.45, 2.75) is 13.3 Å². The molecule has 0 saturated heterocycles. The number of aromatic nitrogens is 2. The molecule has 0 aliphatic carbocycles. The second-order valence-corrected chi connectivity index (χ2v) is 3.20. The highest BCUT2D eigenvalue weighted by Gasteiger charge is 2.05. The molecule has 0 spiro atoms. The molecule has 0 radical (unpaired) electrons. The van der Waals surface area contributed by atoms with Crippen molar-refractivity contribution in [3.63, 3.8) is 0 Å². The zero-order chi connectivity index (χ0) is 9.42. The summed E-state index contributed by atoms with van der Waals surface area (Å²) >= 11 is 0. The molecule has 1 heterocycles. The van der Waals surface area contributed by atoms with E-state index in [-0.39, 0.29) is 0 Å². The maximum atomic E-state index is 5.70. The maximum Gasteiger partial charge on any atom is 0.0702 e. The Morgan fingerprint density at radius 2 is 2.23 bits per heavy atom. The molecule has 0 fully saturated rings. The fourth-order valence-electron chi connectivity index (χ4n) is 1.61. The van der Waals surface area contributed by atoms with Crippen LogP contribution >= 0.6 is 0 Å². The SMILES string of the molecule is CCc1nn(C)c2cc(N)ccc12. The molecule has 0 aliphatic heterocycles. The van der Waals surface area contributed by atoms with E-state index in [1.807, 2.05) is 29.9 Å². The third-order valence-electron chi connectivity index (χ3n) is 2.29. The van der Waals surface area contributed by atoms with Gasteiger partial charge in [0.05, 0.1) is 11.2 Å². The van der Waals surface area contributed by atoms with E-state index in [0.29, 0.717) is 0 Å². The number of anilines is 1. The molecule has 0 atom stereocenters. The Morgan fingerprint density at radius 3 is 2.92 bits per heavy atom. The Kier molecular flexibility index (Phi) is 1.72. The van der Waals surface area contributed by atoms with E-state index < -0.39 is 0 Å². The first-order chi connectivity index (χ1) is 6.22. The number of rotatable bonds is 1. The lowest BCUT2D eigenvalue weighted by Gasteiger charge is -1.95. The van der Waals surface area contributed by atoms with Gasteiger partial charge in [-0.1, -0.05) is 6.92 Å². The number of benzene rings is 1. The lowest BCUT2D eigenvalue weighted by atomic mass is 10.1. The van der Waals surface area contributed by atoms with E-state index in [0.717, 1.165) is 23.3 Å². The Morgan fingerprint density at radius 1 is 1.46 bits per heavy atom. The Balaban J connectivity index is 2.80.